The quantitative estimate of drug-likeness (QED) is 0.0177. The monoisotopic (exact) mass is 1520 g/mol. The highest BCUT2D eigenvalue weighted by molar-refractivity contribution is 5.98. The SMILES string of the molecule is CCCCCCCCCCCCCCCC(=O)N[C@@H](CCCN=C(N)N)C(=O)NCC(=O)N[C@@H](CCCN=C(N)N)C(=O)N[C@@H](CCCCN)C(=O)N[C@H](C(=O)N[C@H](C(=O)N[C@@H](CCCN=C(N)N)C(=O)N[C@@H](CCCN=C(N)N)C(=O)N[C@@H](CCCCN)C(=O)N[C@@H](CCCCN)C(=O)O)C(C)C)C(C)C. The van der Waals surface area contributed by atoms with Gasteiger partial charge in [0.2, 0.25) is 59.1 Å². The Hall–Kier alpha value is -8.87. The van der Waals surface area contributed by atoms with Gasteiger partial charge in [0.15, 0.2) is 23.8 Å². The summed E-state index contributed by atoms with van der Waals surface area (Å²) < 4.78 is 0. The number of carbonyl (C=O) groups is 11. The molecule has 107 heavy (non-hydrogen) atoms. The van der Waals surface area contributed by atoms with Crippen molar-refractivity contribution in [2.24, 2.45) is 94.9 Å². The first-order valence-electron chi connectivity index (χ1n) is 38.5. The van der Waals surface area contributed by atoms with E-state index in [2.05, 4.69) is 80.1 Å². The van der Waals surface area contributed by atoms with Gasteiger partial charge in [-0.15, -0.1) is 0 Å². The van der Waals surface area contributed by atoms with E-state index in [1.165, 1.54) is 51.4 Å². The summed E-state index contributed by atoms with van der Waals surface area (Å²) in [5.41, 5.74) is 61.7. The molecule has 37 nitrogen and oxygen atoms in total. The van der Waals surface area contributed by atoms with E-state index in [0.717, 1.165) is 25.7 Å². The zero-order chi connectivity index (χ0) is 80.5. The average Bonchev–Trinajstić information content (AvgIpc) is 0.844. The smallest absolute Gasteiger partial charge is 0.326 e. The van der Waals surface area contributed by atoms with Crippen LogP contribution in [0.1, 0.15) is 234 Å². The van der Waals surface area contributed by atoms with Crippen LogP contribution in [0.4, 0.5) is 0 Å². The predicted molar refractivity (Wildman–Crippen MR) is 416 cm³/mol. The summed E-state index contributed by atoms with van der Waals surface area (Å²) in [7, 11) is 0. The van der Waals surface area contributed by atoms with Gasteiger partial charge < -0.3 is 121 Å². The normalized spacial score (nSPS) is 13.6. The molecule has 0 saturated heterocycles. The summed E-state index contributed by atoms with van der Waals surface area (Å²) in [5.74, 6) is -11.1. The van der Waals surface area contributed by atoms with Crippen LogP contribution in [0.15, 0.2) is 20.0 Å². The molecule has 0 unspecified atom stereocenters. The van der Waals surface area contributed by atoms with Crippen LogP contribution in [0.25, 0.3) is 0 Å². The molecular formula is C70H137N25O12. The summed E-state index contributed by atoms with van der Waals surface area (Å²) >= 11 is 0. The lowest BCUT2D eigenvalue weighted by Crippen LogP contribution is -2.61. The molecule has 0 saturated carbocycles. The minimum absolute atomic E-state index is 0.00373. The second-order valence-electron chi connectivity index (χ2n) is 27.7. The molecule has 10 amide bonds. The van der Waals surface area contributed by atoms with Gasteiger partial charge in [0, 0.05) is 32.6 Å². The van der Waals surface area contributed by atoms with Gasteiger partial charge in [-0.25, -0.2) is 4.79 Å². The van der Waals surface area contributed by atoms with Gasteiger partial charge in [-0.1, -0.05) is 112 Å². The minimum Gasteiger partial charge on any atom is -0.480 e. The zero-order valence-corrected chi connectivity index (χ0v) is 64.5. The predicted octanol–water partition coefficient (Wildman–Crippen LogP) is -2.05. The first-order valence-corrected chi connectivity index (χ1v) is 38.5. The third kappa shape index (κ3) is 48.9. The van der Waals surface area contributed by atoms with Crippen molar-refractivity contribution in [3.8, 4) is 0 Å². The van der Waals surface area contributed by atoms with Crippen molar-refractivity contribution in [3.63, 3.8) is 0 Å². The maximum Gasteiger partial charge on any atom is 0.326 e. The van der Waals surface area contributed by atoms with Crippen LogP contribution in [0.5, 0.6) is 0 Å². The Morgan fingerprint density at radius 1 is 0.299 bits per heavy atom. The highest BCUT2D eigenvalue weighted by Gasteiger charge is 2.37. The first-order chi connectivity index (χ1) is 50.9. The van der Waals surface area contributed by atoms with E-state index < -0.39 is 132 Å². The van der Waals surface area contributed by atoms with Crippen molar-refractivity contribution < 1.29 is 57.8 Å². The molecule has 0 aliphatic heterocycles. The van der Waals surface area contributed by atoms with Crippen LogP contribution < -0.4 is 116 Å². The fourth-order valence-electron chi connectivity index (χ4n) is 11.4. The molecule has 0 radical (unpaired) electrons. The van der Waals surface area contributed by atoms with E-state index >= 15 is 0 Å². The number of carbonyl (C=O) groups excluding carboxylic acids is 10. The lowest BCUT2D eigenvalue weighted by atomic mass is 9.98. The maximum absolute atomic E-state index is 14.6. The number of carboxylic acids is 1. The van der Waals surface area contributed by atoms with Crippen molar-refractivity contribution in [1.29, 1.82) is 0 Å². The number of aliphatic carboxylic acids is 1. The average molecular weight is 1520 g/mol. The molecule has 0 aromatic heterocycles. The van der Waals surface area contributed by atoms with Crippen molar-refractivity contribution in [2.75, 3.05) is 52.4 Å². The molecule has 33 N–H and O–H groups in total. The molecule has 0 spiro atoms. The van der Waals surface area contributed by atoms with Crippen LogP contribution >= 0.6 is 0 Å². The number of amides is 10. The highest BCUT2D eigenvalue weighted by atomic mass is 16.4. The fourth-order valence-corrected chi connectivity index (χ4v) is 11.4. The molecule has 614 valence electrons. The van der Waals surface area contributed by atoms with E-state index in [0.29, 0.717) is 57.9 Å². The summed E-state index contributed by atoms with van der Waals surface area (Å²) in [6, 6.07) is -11.9. The minimum atomic E-state index is -1.43. The molecule has 0 aliphatic carbocycles. The van der Waals surface area contributed by atoms with E-state index in [1.807, 2.05) is 0 Å². The summed E-state index contributed by atoms with van der Waals surface area (Å²) in [6.07, 6.45) is 18.1. The molecule has 0 aromatic rings. The van der Waals surface area contributed by atoms with Crippen molar-refractivity contribution >= 4 is 88.9 Å². The van der Waals surface area contributed by atoms with Crippen molar-refractivity contribution in [1.82, 2.24) is 53.2 Å². The fraction of sp³-hybridized carbons (Fsp3) is 0.786. The Morgan fingerprint density at radius 3 is 0.888 bits per heavy atom. The highest BCUT2D eigenvalue weighted by Crippen LogP contribution is 2.16. The number of nitrogens with one attached hydrogen (secondary N) is 10. The number of guanidine groups is 4. The second kappa shape index (κ2) is 60.2. The van der Waals surface area contributed by atoms with E-state index in [1.54, 1.807) is 27.7 Å². The first kappa shape index (κ1) is 98.1. The molecule has 0 aliphatic rings. The van der Waals surface area contributed by atoms with Gasteiger partial charge in [-0.3, -0.25) is 67.9 Å². The molecule has 37 heteroatoms. The number of rotatable bonds is 64. The van der Waals surface area contributed by atoms with Gasteiger partial charge in [-0.05, 0) is 147 Å². The molecule has 0 aromatic carbocycles. The van der Waals surface area contributed by atoms with Crippen LogP contribution in [-0.2, 0) is 52.7 Å². The van der Waals surface area contributed by atoms with Crippen molar-refractivity contribution in [3.05, 3.63) is 0 Å². The second-order valence-corrected chi connectivity index (χ2v) is 27.7. The number of unbranched alkanes of at least 4 members (excludes halogenated alkanes) is 15. The molecule has 9 atom stereocenters. The number of hydrogen-bond donors (Lipinski definition) is 22. The lowest BCUT2D eigenvalue weighted by molar-refractivity contribution is -0.142. The lowest BCUT2D eigenvalue weighted by Gasteiger charge is -2.30. The standard InChI is InChI=1S/C70H137N25O12/c1-6-7-8-9-10-11-12-13-14-15-16-17-18-36-54(96)87-47(32-25-40-82-67(74)75)58(98)86-44-55(97)88-48(33-26-41-83-68(76)77)59(99)90-50(30-20-23-38-72)63(103)94-57(46(4)5)65(105)95-56(45(2)3)64(104)92-52(35-28-43-85-70(80)81)61(101)91-51(34-27-42-84-69(78)79)60(100)89-49(29-19-22-37-71)62(102)93-53(66(106)107)31-21-24-39-73/h45-53,56-57H,6-44,71-73H2,1-5H3,(H,86,98)(H,87,96)(H,88,97)(H,89,100)(H,90,99)(H,91,101)(H,92,104)(H,93,102)(H,94,103)(H,95,105)(H,106,107)(H4,74,75,82)(H4,76,77,83)(H4,78,79,84)(H4,80,81,85)/t47-,48-,49-,50-,51-,52-,53-,56-,57-/m0/s1. The Kier molecular flexibility index (Phi) is 55.2. The van der Waals surface area contributed by atoms with Crippen LogP contribution in [0, 0.1) is 11.8 Å². The molecule has 0 bridgehead atoms. The summed E-state index contributed by atoms with van der Waals surface area (Å²) in [6.45, 7) is 9.14. The molecular weight excluding hydrogens is 1380 g/mol. The number of hydrogen-bond acceptors (Lipinski definition) is 18. The largest absolute Gasteiger partial charge is 0.480 e. The number of nitrogens with two attached hydrogens (primary N) is 11. The number of aliphatic imine (C=N–C) groups is 4. The zero-order valence-electron chi connectivity index (χ0n) is 64.5. The third-order valence-corrected chi connectivity index (χ3v) is 17.5. The van der Waals surface area contributed by atoms with E-state index in [-0.39, 0.29) is 140 Å². The van der Waals surface area contributed by atoms with Gasteiger partial charge in [0.25, 0.3) is 0 Å². The summed E-state index contributed by atoms with van der Waals surface area (Å²) in [4.78, 5) is 169. The Labute approximate surface area is 632 Å². The van der Waals surface area contributed by atoms with Crippen LogP contribution in [-0.4, -0.2) is 201 Å². The summed E-state index contributed by atoms with van der Waals surface area (Å²) in [5, 5.41) is 36.7. The van der Waals surface area contributed by atoms with Crippen molar-refractivity contribution in [2.45, 2.75) is 288 Å². The van der Waals surface area contributed by atoms with Crippen LogP contribution in [0.2, 0.25) is 0 Å². The Morgan fingerprint density at radius 2 is 0.561 bits per heavy atom. The van der Waals surface area contributed by atoms with E-state index in [9.17, 15) is 57.8 Å². The van der Waals surface area contributed by atoms with Gasteiger partial charge in [-0.2, -0.15) is 0 Å². The molecule has 0 rings (SSSR count). The maximum atomic E-state index is 14.6. The van der Waals surface area contributed by atoms with E-state index in [4.69, 9.17) is 63.1 Å². The Bertz CT molecular complexity index is 2740. The van der Waals surface area contributed by atoms with Crippen LogP contribution in [0.3, 0.4) is 0 Å². The van der Waals surface area contributed by atoms with Gasteiger partial charge in [0.1, 0.15) is 54.4 Å². The molecule has 0 fully saturated rings. The molecule has 0 heterocycles. The number of carboxylic acid groups (broad SMARTS) is 1. The van der Waals surface area contributed by atoms with Gasteiger partial charge >= 0.3 is 5.97 Å². The topological polar surface area (TPSA) is 664 Å². The third-order valence-electron chi connectivity index (χ3n) is 17.5. The Balaban J connectivity index is 6.84. The number of nitrogens with zero attached hydrogens (tertiary/aromatic N) is 4. The van der Waals surface area contributed by atoms with Gasteiger partial charge in [0.05, 0.1) is 6.54 Å².